The first-order valence-corrected chi connectivity index (χ1v) is 8.52. The van der Waals surface area contributed by atoms with Crippen LogP contribution in [0.1, 0.15) is 11.3 Å². The van der Waals surface area contributed by atoms with E-state index in [4.69, 9.17) is 9.47 Å². The number of nitrogens with zero attached hydrogens (tertiary/aromatic N) is 2. The molecular formula is C20H20N4O2. The van der Waals surface area contributed by atoms with Crippen molar-refractivity contribution in [2.45, 2.75) is 13.8 Å². The fourth-order valence-electron chi connectivity index (χ4n) is 2.79. The molecule has 2 N–H and O–H groups in total. The zero-order valence-electron chi connectivity index (χ0n) is 14.7. The molecule has 4 rings (SSSR count). The van der Waals surface area contributed by atoms with Crippen LogP contribution in [0.15, 0.2) is 48.5 Å². The molecule has 0 atom stereocenters. The van der Waals surface area contributed by atoms with Crippen LogP contribution in [-0.4, -0.2) is 23.2 Å². The van der Waals surface area contributed by atoms with E-state index >= 15 is 0 Å². The molecule has 6 heteroatoms. The van der Waals surface area contributed by atoms with Gasteiger partial charge in [0, 0.05) is 29.2 Å². The second-order valence-electron chi connectivity index (χ2n) is 6.14. The highest BCUT2D eigenvalue weighted by molar-refractivity contribution is 5.64. The van der Waals surface area contributed by atoms with Gasteiger partial charge in [-0.05, 0) is 37.6 Å². The number of benzene rings is 2. The summed E-state index contributed by atoms with van der Waals surface area (Å²) in [5.41, 5.74) is 3.90. The van der Waals surface area contributed by atoms with E-state index in [1.165, 1.54) is 0 Å². The highest BCUT2D eigenvalue weighted by Crippen LogP contribution is 2.33. The quantitative estimate of drug-likeness (QED) is 0.730. The molecule has 2 aromatic carbocycles. The Morgan fingerprint density at radius 3 is 2.50 bits per heavy atom. The zero-order chi connectivity index (χ0) is 17.9. The number of ether oxygens (including phenoxy) is 2. The van der Waals surface area contributed by atoms with E-state index in [-0.39, 0.29) is 0 Å². The summed E-state index contributed by atoms with van der Waals surface area (Å²) in [5.74, 6) is 2.76. The average molecular weight is 348 g/mol. The van der Waals surface area contributed by atoms with E-state index in [2.05, 4.69) is 33.6 Å². The standard InChI is InChI=1S/C20H20N4O2/c1-13-5-3-4-6-16(13)23-19-11-14(2)21-20(24-19)22-15-7-8-17-18(12-15)26-10-9-25-17/h3-8,11-12H,9-10H2,1-2H3,(H2,21,22,23,24). The van der Waals surface area contributed by atoms with Gasteiger partial charge in [-0.15, -0.1) is 0 Å². The van der Waals surface area contributed by atoms with Gasteiger partial charge in [0.2, 0.25) is 5.95 Å². The van der Waals surface area contributed by atoms with E-state index in [1.807, 2.05) is 49.4 Å². The van der Waals surface area contributed by atoms with Crippen molar-refractivity contribution in [1.82, 2.24) is 9.97 Å². The Morgan fingerprint density at radius 2 is 1.65 bits per heavy atom. The monoisotopic (exact) mass is 348 g/mol. The van der Waals surface area contributed by atoms with Crippen molar-refractivity contribution in [3.63, 3.8) is 0 Å². The lowest BCUT2D eigenvalue weighted by molar-refractivity contribution is 0.171. The largest absolute Gasteiger partial charge is 0.486 e. The molecule has 0 bridgehead atoms. The van der Waals surface area contributed by atoms with Gasteiger partial charge in [-0.3, -0.25) is 0 Å². The van der Waals surface area contributed by atoms with Gasteiger partial charge >= 0.3 is 0 Å². The topological polar surface area (TPSA) is 68.3 Å². The van der Waals surface area contributed by atoms with Crippen molar-refractivity contribution >= 4 is 23.1 Å². The molecule has 0 saturated carbocycles. The first kappa shape index (κ1) is 16.2. The summed E-state index contributed by atoms with van der Waals surface area (Å²) >= 11 is 0. The van der Waals surface area contributed by atoms with Gasteiger partial charge in [0.15, 0.2) is 11.5 Å². The van der Waals surface area contributed by atoms with Crippen molar-refractivity contribution in [1.29, 1.82) is 0 Å². The number of nitrogens with one attached hydrogen (secondary N) is 2. The molecule has 3 aromatic rings. The molecule has 6 nitrogen and oxygen atoms in total. The van der Waals surface area contributed by atoms with E-state index in [0.717, 1.165) is 39.9 Å². The molecule has 0 radical (unpaired) electrons. The normalized spacial score (nSPS) is 12.5. The second-order valence-corrected chi connectivity index (χ2v) is 6.14. The third kappa shape index (κ3) is 3.54. The number of aromatic nitrogens is 2. The third-order valence-electron chi connectivity index (χ3n) is 4.06. The second kappa shape index (κ2) is 6.92. The van der Waals surface area contributed by atoms with Crippen LogP contribution in [0.5, 0.6) is 11.5 Å². The number of rotatable bonds is 4. The van der Waals surface area contributed by atoms with Crippen LogP contribution in [0.3, 0.4) is 0 Å². The average Bonchev–Trinajstić information content (AvgIpc) is 2.63. The van der Waals surface area contributed by atoms with Gasteiger partial charge in [0.1, 0.15) is 19.0 Å². The highest BCUT2D eigenvalue weighted by Gasteiger charge is 2.12. The number of anilines is 4. The summed E-state index contributed by atoms with van der Waals surface area (Å²) in [5, 5.41) is 6.59. The number of hydrogen-bond acceptors (Lipinski definition) is 6. The first-order valence-electron chi connectivity index (χ1n) is 8.52. The van der Waals surface area contributed by atoms with Gasteiger partial charge in [0.25, 0.3) is 0 Å². The van der Waals surface area contributed by atoms with E-state index in [1.54, 1.807) is 0 Å². The molecule has 0 saturated heterocycles. The van der Waals surface area contributed by atoms with Crippen molar-refractivity contribution < 1.29 is 9.47 Å². The number of para-hydroxylation sites is 1. The summed E-state index contributed by atoms with van der Waals surface area (Å²) in [4.78, 5) is 9.04. The molecule has 0 spiro atoms. The Morgan fingerprint density at radius 1 is 0.846 bits per heavy atom. The Labute approximate surface area is 152 Å². The highest BCUT2D eigenvalue weighted by atomic mass is 16.6. The molecule has 26 heavy (non-hydrogen) atoms. The maximum absolute atomic E-state index is 5.62. The molecule has 0 aliphatic carbocycles. The molecule has 0 amide bonds. The van der Waals surface area contributed by atoms with Crippen molar-refractivity contribution in [3.05, 3.63) is 59.8 Å². The molecular weight excluding hydrogens is 328 g/mol. The van der Waals surface area contributed by atoms with Gasteiger partial charge in [-0.2, -0.15) is 4.98 Å². The van der Waals surface area contributed by atoms with E-state index in [0.29, 0.717) is 19.2 Å². The SMILES string of the molecule is Cc1cc(Nc2ccccc2C)nc(Nc2ccc3c(c2)OCCO3)n1. The maximum Gasteiger partial charge on any atom is 0.229 e. The van der Waals surface area contributed by atoms with Crippen molar-refractivity contribution in [3.8, 4) is 11.5 Å². The fraction of sp³-hybridized carbons (Fsp3) is 0.200. The Balaban J connectivity index is 1.57. The predicted molar refractivity (Wildman–Crippen MR) is 102 cm³/mol. The lowest BCUT2D eigenvalue weighted by Gasteiger charge is -2.19. The van der Waals surface area contributed by atoms with E-state index < -0.39 is 0 Å². The molecule has 132 valence electrons. The summed E-state index contributed by atoms with van der Waals surface area (Å²) in [6.07, 6.45) is 0. The molecule has 0 unspecified atom stereocenters. The van der Waals surface area contributed by atoms with Gasteiger partial charge in [0.05, 0.1) is 0 Å². The number of fused-ring (bicyclic) bond motifs is 1. The molecule has 1 aliphatic rings. The maximum atomic E-state index is 5.62. The summed E-state index contributed by atoms with van der Waals surface area (Å²) in [6, 6.07) is 15.7. The Bertz CT molecular complexity index is 943. The fourth-order valence-corrected chi connectivity index (χ4v) is 2.79. The predicted octanol–water partition coefficient (Wildman–Crippen LogP) is 4.35. The van der Waals surface area contributed by atoms with Gasteiger partial charge in [-0.1, -0.05) is 18.2 Å². The lowest BCUT2D eigenvalue weighted by Crippen LogP contribution is -2.15. The molecule has 2 heterocycles. The number of aryl methyl sites for hydroxylation is 2. The van der Waals surface area contributed by atoms with Crippen molar-refractivity contribution in [2.75, 3.05) is 23.8 Å². The summed E-state index contributed by atoms with van der Waals surface area (Å²) in [7, 11) is 0. The molecule has 1 aromatic heterocycles. The van der Waals surface area contributed by atoms with Crippen LogP contribution in [-0.2, 0) is 0 Å². The lowest BCUT2D eigenvalue weighted by atomic mass is 10.2. The first-order chi connectivity index (χ1) is 12.7. The Hall–Kier alpha value is -3.28. The third-order valence-corrected chi connectivity index (χ3v) is 4.06. The Kier molecular flexibility index (Phi) is 4.31. The summed E-state index contributed by atoms with van der Waals surface area (Å²) in [6.45, 7) is 5.14. The van der Waals surface area contributed by atoms with Gasteiger partial charge in [-0.25, -0.2) is 4.98 Å². The van der Waals surface area contributed by atoms with Crippen molar-refractivity contribution in [2.24, 2.45) is 0 Å². The number of hydrogen-bond donors (Lipinski definition) is 2. The van der Waals surface area contributed by atoms with Crippen LogP contribution in [0.4, 0.5) is 23.1 Å². The molecule has 1 aliphatic heterocycles. The zero-order valence-corrected chi connectivity index (χ0v) is 14.7. The smallest absolute Gasteiger partial charge is 0.229 e. The van der Waals surface area contributed by atoms with Gasteiger partial charge < -0.3 is 20.1 Å². The van der Waals surface area contributed by atoms with Crippen LogP contribution < -0.4 is 20.1 Å². The minimum Gasteiger partial charge on any atom is -0.486 e. The van der Waals surface area contributed by atoms with Crippen LogP contribution in [0, 0.1) is 13.8 Å². The van der Waals surface area contributed by atoms with E-state index in [9.17, 15) is 0 Å². The van der Waals surface area contributed by atoms with Crippen LogP contribution in [0.2, 0.25) is 0 Å². The minimum atomic E-state index is 0.526. The van der Waals surface area contributed by atoms with Crippen LogP contribution in [0.25, 0.3) is 0 Å². The minimum absolute atomic E-state index is 0.526. The van der Waals surface area contributed by atoms with Crippen LogP contribution >= 0.6 is 0 Å². The summed E-state index contributed by atoms with van der Waals surface area (Å²) < 4.78 is 11.2. The molecule has 0 fully saturated rings.